The molecular formula is C23H30ClN3O3. The van der Waals surface area contributed by atoms with Gasteiger partial charge >= 0.3 is 5.97 Å². The highest BCUT2D eigenvalue weighted by atomic mass is 35.5. The van der Waals surface area contributed by atoms with E-state index in [-0.39, 0.29) is 17.4 Å². The third-order valence-electron chi connectivity index (χ3n) is 5.47. The SMILES string of the molecule is CCOC(=O)CCC1=CC=C(OC2CCN(c3nc(Cl)ncc3C)CC2)CC=C1C. The summed E-state index contributed by atoms with van der Waals surface area (Å²) in [5, 5.41) is 0.283. The summed E-state index contributed by atoms with van der Waals surface area (Å²) in [5.74, 6) is 1.73. The van der Waals surface area contributed by atoms with Gasteiger partial charge < -0.3 is 14.4 Å². The van der Waals surface area contributed by atoms with Crippen LogP contribution in [0.4, 0.5) is 5.82 Å². The number of esters is 1. The number of carbonyl (C=O) groups is 1. The maximum absolute atomic E-state index is 11.6. The number of aromatic nitrogens is 2. The van der Waals surface area contributed by atoms with Crippen LogP contribution in [-0.2, 0) is 14.3 Å². The average Bonchev–Trinajstić information content (AvgIpc) is 2.90. The molecule has 0 aromatic carbocycles. The van der Waals surface area contributed by atoms with Crippen molar-refractivity contribution in [3.63, 3.8) is 0 Å². The number of hydrogen-bond acceptors (Lipinski definition) is 6. The number of nitrogens with zero attached hydrogens (tertiary/aromatic N) is 3. The number of carbonyl (C=O) groups excluding carboxylic acids is 1. The Labute approximate surface area is 183 Å². The predicted octanol–water partition coefficient (Wildman–Crippen LogP) is 4.93. The molecule has 0 N–H and O–H groups in total. The molecule has 1 aromatic rings. The van der Waals surface area contributed by atoms with Crippen molar-refractivity contribution >= 4 is 23.4 Å². The first kappa shape index (κ1) is 22.3. The lowest BCUT2D eigenvalue weighted by atomic mass is 10.0. The molecule has 1 saturated heterocycles. The largest absolute Gasteiger partial charge is 0.494 e. The fraction of sp³-hybridized carbons (Fsp3) is 0.522. The number of allylic oxidation sites excluding steroid dienone is 5. The highest BCUT2D eigenvalue weighted by Gasteiger charge is 2.23. The second kappa shape index (κ2) is 10.6. The molecule has 0 atom stereocenters. The third-order valence-corrected chi connectivity index (χ3v) is 5.65. The monoisotopic (exact) mass is 431 g/mol. The zero-order valence-electron chi connectivity index (χ0n) is 18.0. The van der Waals surface area contributed by atoms with Crippen LogP contribution in [0.25, 0.3) is 0 Å². The number of halogens is 1. The number of ether oxygens (including phenoxy) is 2. The Bertz CT molecular complexity index is 855. The van der Waals surface area contributed by atoms with E-state index in [1.165, 1.54) is 5.57 Å². The van der Waals surface area contributed by atoms with E-state index in [1.54, 1.807) is 6.20 Å². The van der Waals surface area contributed by atoms with E-state index < -0.39 is 0 Å². The fourth-order valence-corrected chi connectivity index (χ4v) is 3.88. The maximum Gasteiger partial charge on any atom is 0.306 e. The Kier molecular flexibility index (Phi) is 7.91. The van der Waals surface area contributed by atoms with E-state index in [1.807, 2.05) is 19.9 Å². The first-order valence-corrected chi connectivity index (χ1v) is 11.0. The van der Waals surface area contributed by atoms with Crippen molar-refractivity contribution < 1.29 is 14.3 Å². The molecule has 0 amide bonds. The quantitative estimate of drug-likeness (QED) is 0.450. The molecule has 0 unspecified atom stereocenters. The Morgan fingerprint density at radius 2 is 2.03 bits per heavy atom. The van der Waals surface area contributed by atoms with Crippen LogP contribution in [-0.4, -0.2) is 41.7 Å². The van der Waals surface area contributed by atoms with Gasteiger partial charge in [-0.3, -0.25) is 4.79 Å². The van der Waals surface area contributed by atoms with Gasteiger partial charge in [0.05, 0.1) is 6.61 Å². The first-order valence-electron chi connectivity index (χ1n) is 10.6. The van der Waals surface area contributed by atoms with Crippen LogP contribution in [0, 0.1) is 6.92 Å². The number of aryl methyl sites for hydroxylation is 1. The molecule has 7 heteroatoms. The Morgan fingerprint density at radius 1 is 1.27 bits per heavy atom. The van der Waals surface area contributed by atoms with Crippen LogP contribution in [0.2, 0.25) is 5.28 Å². The molecular weight excluding hydrogens is 402 g/mol. The van der Waals surface area contributed by atoms with Crippen molar-refractivity contribution in [1.29, 1.82) is 0 Å². The zero-order chi connectivity index (χ0) is 21.5. The van der Waals surface area contributed by atoms with E-state index in [0.29, 0.717) is 19.4 Å². The van der Waals surface area contributed by atoms with Crippen molar-refractivity contribution in [3.8, 4) is 0 Å². The summed E-state index contributed by atoms with van der Waals surface area (Å²) < 4.78 is 11.3. The molecule has 2 aliphatic rings. The average molecular weight is 432 g/mol. The lowest BCUT2D eigenvalue weighted by Gasteiger charge is -2.34. The molecule has 30 heavy (non-hydrogen) atoms. The topological polar surface area (TPSA) is 64.6 Å². The first-order chi connectivity index (χ1) is 14.5. The van der Waals surface area contributed by atoms with Gasteiger partial charge in [-0.05, 0) is 50.4 Å². The van der Waals surface area contributed by atoms with Gasteiger partial charge in [-0.25, -0.2) is 9.97 Å². The van der Waals surface area contributed by atoms with Crippen LogP contribution in [0.5, 0.6) is 0 Å². The highest BCUT2D eigenvalue weighted by molar-refractivity contribution is 6.28. The lowest BCUT2D eigenvalue weighted by molar-refractivity contribution is -0.143. The molecule has 162 valence electrons. The predicted molar refractivity (Wildman–Crippen MR) is 119 cm³/mol. The Morgan fingerprint density at radius 3 is 2.77 bits per heavy atom. The van der Waals surface area contributed by atoms with Crippen LogP contribution in [0.15, 0.2) is 41.3 Å². The van der Waals surface area contributed by atoms with Gasteiger partial charge in [-0.15, -0.1) is 0 Å². The summed E-state index contributed by atoms with van der Waals surface area (Å²) >= 11 is 5.97. The minimum absolute atomic E-state index is 0.150. The molecule has 2 heterocycles. The van der Waals surface area contributed by atoms with Crippen molar-refractivity contribution in [2.24, 2.45) is 0 Å². The van der Waals surface area contributed by atoms with Gasteiger partial charge in [-0.1, -0.05) is 17.7 Å². The van der Waals surface area contributed by atoms with Crippen molar-refractivity contribution in [1.82, 2.24) is 9.97 Å². The van der Waals surface area contributed by atoms with Crippen LogP contribution < -0.4 is 4.90 Å². The second-order valence-electron chi connectivity index (χ2n) is 7.67. The van der Waals surface area contributed by atoms with Crippen LogP contribution in [0.3, 0.4) is 0 Å². The second-order valence-corrected chi connectivity index (χ2v) is 8.01. The van der Waals surface area contributed by atoms with E-state index >= 15 is 0 Å². The van der Waals surface area contributed by atoms with Crippen LogP contribution in [0.1, 0.15) is 51.5 Å². The normalized spacial score (nSPS) is 17.6. The minimum atomic E-state index is -0.150. The molecule has 0 saturated carbocycles. The van der Waals surface area contributed by atoms with Gasteiger partial charge in [0.25, 0.3) is 0 Å². The molecule has 1 aliphatic heterocycles. The van der Waals surface area contributed by atoms with Gasteiger partial charge in [-0.2, -0.15) is 0 Å². The molecule has 1 fully saturated rings. The summed E-state index contributed by atoms with van der Waals surface area (Å²) in [6.07, 6.45) is 12.0. The van der Waals surface area contributed by atoms with Gasteiger partial charge in [0.15, 0.2) is 0 Å². The fourth-order valence-electron chi connectivity index (χ4n) is 3.75. The molecule has 0 radical (unpaired) electrons. The summed E-state index contributed by atoms with van der Waals surface area (Å²) in [6.45, 7) is 8.09. The van der Waals surface area contributed by atoms with Crippen molar-refractivity contribution in [3.05, 3.63) is 52.2 Å². The smallest absolute Gasteiger partial charge is 0.306 e. The van der Waals surface area contributed by atoms with E-state index in [0.717, 1.165) is 55.1 Å². The maximum atomic E-state index is 11.6. The third kappa shape index (κ3) is 6.08. The van der Waals surface area contributed by atoms with E-state index in [4.69, 9.17) is 21.1 Å². The Balaban J connectivity index is 1.54. The van der Waals surface area contributed by atoms with Gasteiger partial charge in [0.2, 0.25) is 5.28 Å². The molecule has 3 rings (SSSR count). The zero-order valence-corrected chi connectivity index (χ0v) is 18.7. The molecule has 0 spiro atoms. The van der Waals surface area contributed by atoms with E-state index in [2.05, 4.69) is 33.9 Å². The summed E-state index contributed by atoms with van der Waals surface area (Å²) in [4.78, 5) is 22.3. The lowest BCUT2D eigenvalue weighted by Crippen LogP contribution is -2.37. The molecule has 1 aromatic heterocycles. The van der Waals surface area contributed by atoms with E-state index in [9.17, 15) is 4.79 Å². The number of rotatable bonds is 7. The van der Waals surface area contributed by atoms with Crippen molar-refractivity contribution in [2.45, 2.75) is 59.0 Å². The highest BCUT2D eigenvalue weighted by Crippen LogP contribution is 2.27. The summed E-state index contributed by atoms with van der Waals surface area (Å²) in [6, 6.07) is 0. The molecule has 1 aliphatic carbocycles. The number of piperidine rings is 1. The number of anilines is 1. The standard InChI is InChI=1S/C23H30ClN3O3/c1-4-29-21(28)10-7-18-6-9-19(8-5-16(18)2)30-20-11-13-27(14-12-20)22-17(3)15-25-23(24)26-22/h5-6,9,15,20H,4,7-8,10-14H2,1-3H3. The Hall–Kier alpha value is -2.34. The summed E-state index contributed by atoms with van der Waals surface area (Å²) in [5.41, 5.74) is 3.39. The summed E-state index contributed by atoms with van der Waals surface area (Å²) in [7, 11) is 0. The number of hydrogen-bond donors (Lipinski definition) is 0. The minimum Gasteiger partial charge on any atom is -0.494 e. The van der Waals surface area contributed by atoms with Gasteiger partial charge in [0.1, 0.15) is 17.7 Å². The molecule has 0 bridgehead atoms. The van der Waals surface area contributed by atoms with Gasteiger partial charge in [0, 0.05) is 50.5 Å². The molecule has 6 nitrogen and oxygen atoms in total. The van der Waals surface area contributed by atoms with Crippen LogP contribution >= 0.6 is 11.6 Å². The van der Waals surface area contributed by atoms with Crippen molar-refractivity contribution in [2.75, 3.05) is 24.6 Å².